The Balaban J connectivity index is 1.95. The van der Waals surface area contributed by atoms with Crippen LogP contribution in [-0.2, 0) is 14.4 Å². The molecular formula is C13H21N3O4. The molecule has 0 saturated carbocycles. The Hall–Kier alpha value is -1.47. The standard InChI is InChI=1S/C13H21N3O4/c1-2-16-11(17)8-10(13(16)20)15-5-3-4-14(6-7-15)9-12(18)19/h10H,2-9H2,1H3,(H,18,19). The summed E-state index contributed by atoms with van der Waals surface area (Å²) in [7, 11) is 0. The van der Waals surface area contributed by atoms with Crippen molar-refractivity contribution >= 4 is 17.8 Å². The highest BCUT2D eigenvalue weighted by Crippen LogP contribution is 2.20. The molecule has 1 N–H and O–H groups in total. The third-order valence-electron chi connectivity index (χ3n) is 3.96. The number of aliphatic carboxylic acids is 1. The molecule has 2 amide bonds. The van der Waals surface area contributed by atoms with E-state index in [1.807, 2.05) is 9.80 Å². The lowest BCUT2D eigenvalue weighted by atomic mass is 10.2. The summed E-state index contributed by atoms with van der Waals surface area (Å²) in [5, 5.41) is 8.82. The first-order valence-electron chi connectivity index (χ1n) is 7.05. The number of carbonyl (C=O) groups is 3. The number of carboxylic acids is 1. The van der Waals surface area contributed by atoms with Crippen molar-refractivity contribution in [2.45, 2.75) is 25.8 Å². The Kier molecular flexibility index (Phi) is 4.72. The Labute approximate surface area is 118 Å². The number of imide groups is 1. The van der Waals surface area contributed by atoms with Crippen LogP contribution in [0.25, 0.3) is 0 Å². The fourth-order valence-electron chi connectivity index (χ4n) is 2.94. The summed E-state index contributed by atoms with van der Waals surface area (Å²) in [6, 6.07) is -0.354. The number of amides is 2. The summed E-state index contributed by atoms with van der Waals surface area (Å²) in [4.78, 5) is 39.9. The highest BCUT2D eigenvalue weighted by molar-refractivity contribution is 6.05. The second kappa shape index (κ2) is 6.32. The molecule has 1 unspecified atom stereocenters. The van der Waals surface area contributed by atoms with Gasteiger partial charge in [0.1, 0.15) is 0 Å². The molecule has 2 fully saturated rings. The highest BCUT2D eigenvalue weighted by Gasteiger charge is 2.41. The lowest BCUT2D eigenvalue weighted by Gasteiger charge is -2.25. The largest absolute Gasteiger partial charge is 0.480 e. The second-order valence-electron chi connectivity index (χ2n) is 5.26. The van der Waals surface area contributed by atoms with E-state index in [4.69, 9.17) is 5.11 Å². The van der Waals surface area contributed by atoms with E-state index in [1.165, 1.54) is 4.90 Å². The number of rotatable bonds is 4. The fraction of sp³-hybridized carbons (Fsp3) is 0.769. The number of nitrogens with zero attached hydrogens (tertiary/aromatic N) is 3. The maximum absolute atomic E-state index is 12.2. The summed E-state index contributed by atoms with van der Waals surface area (Å²) >= 11 is 0. The molecule has 2 saturated heterocycles. The summed E-state index contributed by atoms with van der Waals surface area (Å²) in [5.41, 5.74) is 0. The van der Waals surface area contributed by atoms with Crippen LogP contribution in [0.2, 0.25) is 0 Å². The van der Waals surface area contributed by atoms with Gasteiger partial charge in [-0.1, -0.05) is 0 Å². The van der Waals surface area contributed by atoms with Crippen molar-refractivity contribution in [1.82, 2.24) is 14.7 Å². The first-order chi connectivity index (χ1) is 9.52. The minimum absolute atomic E-state index is 0.0342. The number of likely N-dealkylation sites (tertiary alicyclic amines) is 1. The smallest absolute Gasteiger partial charge is 0.317 e. The minimum Gasteiger partial charge on any atom is -0.480 e. The van der Waals surface area contributed by atoms with Gasteiger partial charge in [-0.2, -0.15) is 0 Å². The Morgan fingerprint density at radius 1 is 1.25 bits per heavy atom. The molecular weight excluding hydrogens is 262 g/mol. The molecule has 2 aliphatic rings. The van der Waals surface area contributed by atoms with Crippen LogP contribution in [0.4, 0.5) is 0 Å². The van der Waals surface area contributed by atoms with Crippen LogP contribution in [0, 0.1) is 0 Å². The molecule has 0 aliphatic carbocycles. The van der Waals surface area contributed by atoms with E-state index >= 15 is 0 Å². The molecule has 7 heteroatoms. The van der Waals surface area contributed by atoms with Crippen molar-refractivity contribution in [2.24, 2.45) is 0 Å². The third kappa shape index (κ3) is 3.16. The van der Waals surface area contributed by atoms with Crippen LogP contribution in [0.15, 0.2) is 0 Å². The molecule has 2 aliphatic heterocycles. The predicted molar refractivity (Wildman–Crippen MR) is 71.1 cm³/mol. The van der Waals surface area contributed by atoms with Crippen molar-refractivity contribution in [2.75, 3.05) is 39.3 Å². The minimum atomic E-state index is -0.831. The number of hydrogen-bond acceptors (Lipinski definition) is 5. The zero-order chi connectivity index (χ0) is 14.7. The molecule has 0 aromatic carbocycles. The average Bonchev–Trinajstić information content (AvgIpc) is 2.55. The fourth-order valence-corrected chi connectivity index (χ4v) is 2.94. The van der Waals surface area contributed by atoms with Crippen LogP contribution >= 0.6 is 0 Å². The first-order valence-corrected chi connectivity index (χ1v) is 7.05. The van der Waals surface area contributed by atoms with E-state index in [-0.39, 0.29) is 30.8 Å². The van der Waals surface area contributed by atoms with Crippen LogP contribution in [-0.4, -0.2) is 82.9 Å². The van der Waals surface area contributed by atoms with Gasteiger partial charge in [0.05, 0.1) is 19.0 Å². The molecule has 7 nitrogen and oxygen atoms in total. The molecule has 112 valence electrons. The Morgan fingerprint density at radius 3 is 2.60 bits per heavy atom. The molecule has 0 radical (unpaired) electrons. The number of carboxylic acid groups (broad SMARTS) is 1. The lowest BCUT2D eigenvalue weighted by Crippen LogP contribution is -2.44. The van der Waals surface area contributed by atoms with E-state index in [1.54, 1.807) is 6.92 Å². The number of carbonyl (C=O) groups excluding carboxylic acids is 2. The van der Waals surface area contributed by atoms with Gasteiger partial charge in [0.15, 0.2) is 0 Å². The average molecular weight is 283 g/mol. The van der Waals surface area contributed by atoms with E-state index in [0.717, 1.165) is 19.5 Å². The summed E-state index contributed by atoms with van der Waals surface area (Å²) < 4.78 is 0. The van der Waals surface area contributed by atoms with Gasteiger partial charge < -0.3 is 5.11 Å². The summed E-state index contributed by atoms with van der Waals surface area (Å²) in [5.74, 6) is -1.04. The van der Waals surface area contributed by atoms with Crippen molar-refractivity contribution in [3.8, 4) is 0 Å². The third-order valence-corrected chi connectivity index (χ3v) is 3.96. The monoisotopic (exact) mass is 283 g/mol. The van der Waals surface area contributed by atoms with Gasteiger partial charge in [0.25, 0.3) is 0 Å². The molecule has 0 bridgehead atoms. The molecule has 0 aromatic rings. The van der Waals surface area contributed by atoms with Crippen molar-refractivity contribution < 1.29 is 19.5 Å². The molecule has 0 spiro atoms. The summed E-state index contributed by atoms with van der Waals surface area (Å²) in [6.07, 6.45) is 1.07. The van der Waals surface area contributed by atoms with E-state index in [9.17, 15) is 14.4 Å². The van der Waals surface area contributed by atoms with Crippen molar-refractivity contribution in [1.29, 1.82) is 0 Å². The summed E-state index contributed by atoms with van der Waals surface area (Å²) in [6.45, 7) is 4.96. The van der Waals surface area contributed by atoms with Gasteiger partial charge in [0.2, 0.25) is 11.8 Å². The maximum atomic E-state index is 12.2. The Bertz CT molecular complexity index is 412. The molecule has 0 aromatic heterocycles. The quantitative estimate of drug-likeness (QED) is 0.682. The lowest BCUT2D eigenvalue weighted by molar-refractivity contribution is -0.140. The van der Waals surface area contributed by atoms with Gasteiger partial charge in [-0.3, -0.25) is 29.1 Å². The maximum Gasteiger partial charge on any atom is 0.317 e. The van der Waals surface area contributed by atoms with Crippen molar-refractivity contribution in [3.63, 3.8) is 0 Å². The van der Waals surface area contributed by atoms with E-state index in [0.29, 0.717) is 19.6 Å². The van der Waals surface area contributed by atoms with Gasteiger partial charge >= 0.3 is 5.97 Å². The van der Waals surface area contributed by atoms with Crippen LogP contribution in [0.5, 0.6) is 0 Å². The molecule has 2 rings (SSSR count). The normalized spacial score (nSPS) is 26.1. The zero-order valence-electron chi connectivity index (χ0n) is 11.7. The van der Waals surface area contributed by atoms with Crippen LogP contribution in [0.1, 0.15) is 19.8 Å². The van der Waals surface area contributed by atoms with Gasteiger partial charge in [-0.25, -0.2) is 0 Å². The first kappa shape index (κ1) is 14.9. The van der Waals surface area contributed by atoms with Crippen molar-refractivity contribution in [3.05, 3.63) is 0 Å². The molecule has 20 heavy (non-hydrogen) atoms. The van der Waals surface area contributed by atoms with Gasteiger partial charge in [-0.15, -0.1) is 0 Å². The topological polar surface area (TPSA) is 81.2 Å². The van der Waals surface area contributed by atoms with Crippen LogP contribution < -0.4 is 0 Å². The molecule has 1 atom stereocenters. The highest BCUT2D eigenvalue weighted by atomic mass is 16.4. The van der Waals surface area contributed by atoms with Gasteiger partial charge in [-0.05, 0) is 13.3 Å². The van der Waals surface area contributed by atoms with E-state index < -0.39 is 5.97 Å². The second-order valence-corrected chi connectivity index (χ2v) is 5.26. The number of hydrogen-bond donors (Lipinski definition) is 1. The van der Waals surface area contributed by atoms with E-state index in [2.05, 4.69) is 0 Å². The van der Waals surface area contributed by atoms with Crippen LogP contribution in [0.3, 0.4) is 0 Å². The zero-order valence-corrected chi connectivity index (χ0v) is 11.7. The van der Waals surface area contributed by atoms with Gasteiger partial charge in [0, 0.05) is 32.7 Å². The number of likely N-dealkylation sites (N-methyl/N-ethyl adjacent to an activating group) is 1. The Morgan fingerprint density at radius 2 is 2.00 bits per heavy atom. The predicted octanol–water partition coefficient (Wildman–Crippen LogP) is -0.774. The molecule has 2 heterocycles. The SMILES string of the molecule is CCN1C(=O)CC(N2CCCN(CC(=O)O)CC2)C1=O.